The standard InChI is InChI=1S/C18H9F15N2O4/c19-12(20,7-37-10-5-34-11(35-6-10)8-1-3-9(36)4-2-8)38-17(30,31)18(32,33)39-16(28,29)14(23,24)13(21,22)15(25,26)27/h1-6,36H,7H2. The van der Waals surface area contributed by atoms with E-state index in [0.717, 1.165) is 0 Å². The van der Waals surface area contributed by atoms with Gasteiger partial charge in [-0.3, -0.25) is 0 Å². The molecule has 2 aromatic rings. The van der Waals surface area contributed by atoms with E-state index in [-0.39, 0.29) is 17.1 Å². The van der Waals surface area contributed by atoms with Crippen molar-refractivity contribution in [3.63, 3.8) is 0 Å². The molecular weight excluding hydrogens is 593 g/mol. The molecule has 0 radical (unpaired) electrons. The van der Waals surface area contributed by atoms with Crippen LogP contribution in [0.3, 0.4) is 0 Å². The zero-order valence-electron chi connectivity index (χ0n) is 17.9. The van der Waals surface area contributed by atoms with E-state index < -0.39 is 54.8 Å². The number of alkyl halides is 15. The number of phenols is 1. The third-order valence-electron chi connectivity index (χ3n) is 4.15. The Morgan fingerprint density at radius 1 is 0.615 bits per heavy atom. The first kappa shape index (κ1) is 32.0. The summed E-state index contributed by atoms with van der Waals surface area (Å²) in [4.78, 5) is 7.21. The van der Waals surface area contributed by atoms with Gasteiger partial charge in [-0.1, -0.05) is 0 Å². The molecule has 39 heavy (non-hydrogen) atoms. The molecule has 0 spiro atoms. The Morgan fingerprint density at radius 3 is 1.54 bits per heavy atom. The molecular formula is C18H9F15N2O4. The molecule has 0 saturated carbocycles. The minimum absolute atomic E-state index is 0.0949. The van der Waals surface area contributed by atoms with E-state index in [9.17, 15) is 71.0 Å². The second-order valence-electron chi connectivity index (χ2n) is 7.12. The minimum atomic E-state index is -7.93. The lowest BCUT2D eigenvalue weighted by molar-refractivity contribution is -0.542. The average molecular weight is 602 g/mol. The van der Waals surface area contributed by atoms with Crippen molar-refractivity contribution in [2.45, 2.75) is 42.5 Å². The van der Waals surface area contributed by atoms with E-state index in [1.165, 1.54) is 29.0 Å². The van der Waals surface area contributed by atoms with Crippen molar-refractivity contribution in [2.24, 2.45) is 0 Å². The van der Waals surface area contributed by atoms with Gasteiger partial charge in [0.1, 0.15) is 5.75 Å². The summed E-state index contributed by atoms with van der Waals surface area (Å²) < 4.78 is 203. The number of benzene rings is 1. The van der Waals surface area contributed by atoms with Crippen LogP contribution in [-0.2, 0) is 9.47 Å². The Hall–Kier alpha value is -3.23. The summed E-state index contributed by atoms with van der Waals surface area (Å²) in [5.74, 6) is -16.7. The van der Waals surface area contributed by atoms with Crippen molar-refractivity contribution < 1.29 is 85.2 Å². The molecule has 0 aliphatic rings. The molecule has 0 aliphatic heterocycles. The fourth-order valence-corrected chi connectivity index (χ4v) is 2.24. The zero-order chi connectivity index (χ0) is 30.3. The second-order valence-corrected chi connectivity index (χ2v) is 7.12. The first-order valence-electron chi connectivity index (χ1n) is 9.33. The summed E-state index contributed by atoms with van der Waals surface area (Å²) >= 11 is 0. The van der Waals surface area contributed by atoms with Gasteiger partial charge in [-0.05, 0) is 24.3 Å². The maximum atomic E-state index is 13.6. The number of rotatable bonds is 11. The largest absolute Gasteiger partial charge is 0.508 e. The van der Waals surface area contributed by atoms with Crippen molar-refractivity contribution in [1.82, 2.24) is 9.97 Å². The van der Waals surface area contributed by atoms with Gasteiger partial charge in [-0.2, -0.15) is 65.9 Å². The Bertz CT molecular complexity index is 1120. The lowest BCUT2D eigenvalue weighted by Gasteiger charge is -2.36. The van der Waals surface area contributed by atoms with Gasteiger partial charge in [0.2, 0.25) is 0 Å². The number of aromatic hydroxyl groups is 1. The highest BCUT2D eigenvalue weighted by atomic mass is 19.4. The zero-order valence-corrected chi connectivity index (χ0v) is 17.9. The van der Waals surface area contributed by atoms with Gasteiger partial charge in [0, 0.05) is 5.56 Å². The molecule has 21 heteroatoms. The predicted molar refractivity (Wildman–Crippen MR) is 92.5 cm³/mol. The molecule has 0 aliphatic carbocycles. The van der Waals surface area contributed by atoms with Crippen molar-refractivity contribution >= 4 is 0 Å². The van der Waals surface area contributed by atoms with E-state index in [4.69, 9.17) is 0 Å². The van der Waals surface area contributed by atoms with Crippen molar-refractivity contribution in [3.8, 4) is 22.9 Å². The Morgan fingerprint density at radius 2 is 1.08 bits per heavy atom. The smallest absolute Gasteiger partial charge is 0.460 e. The fraction of sp³-hybridized carbons (Fsp3) is 0.444. The maximum Gasteiger partial charge on any atom is 0.460 e. The molecule has 2 rings (SSSR count). The van der Waals surface area contributed by atoms with Crippen LogP contribution in [0.25, 0.3) is 11.4 Å². The topological polar surface area (TPSA) is 73.7 Å². The van der Waals surface area contributed by atoms with Crippen LogP contribution in [0.15, 0.2) is 36.7 Å². The number of aromatic nitrogens is 2. The van der Waals surface area contributed by atoms with E-state index in [1.54, 1.807) is 0 Å². The molecule has 6 nitrogen and oxygen atoms in total. The Balaban J connectivity index is 2.12. The summed E-state index contributed by atoms with van der Waals surface area (Å²) in [5.41, 5.74) is 0.269. The lowest BCUT2D eigenvalue weighted by Crippen LogP contribution is -2.64. The summed E-state index contributed by atoms with van der Waals surface area (Å²) in [6.07, 6.45) is -33.9. The molecule has 0 atom stereocenters. The molecule has 220 valence electrons. The molecule has 1 N–H and O–H groups in total. The number of hydrogen-bond donors (Lipinski definition) is 1. The van der Waals surface area contributed by atoms with Gasteiger partial charge in [0.15, 0.2) is 18.2 Å². The summed E-state index contributed by atoms with van der Waals surface area (Å²) in [5, 5.41) is 9.18. The highest BCUT2D eigenvalue weighted by molar-refractivity contribution is 5.55. The van der Waals surface area contributed by atoms with E-state index in [1.807, 2.05) is 0 Å². The van der Waals surface area contributed by atoms with Crippen LogP contribution in [0.2, 0.25) is 0 Å². The average Bonchev–Trinajstić information content (AvgIpc) is 2.76. The lowest BCUT2D eigenvalue weighted by atomic mass is 10.1. The predicted octanol–water partition coefficient (Wildman–Crippen LogP) is 6.47. The number of halogens is 15. The van der Waals surface area contributed by atoms with Gasteiger partial charge in [0.25, 0.3) is 0 Å². The maximum absolute atomic E-state index is 13.6. The van der Waals surface area contributed by atoms with Crippen molar-refractivity contribution in [2.75, 3.05) is 6.61 Å². The molecule has 0 amide bonds. The van der Waals surface area contributed by atoms with Crippen LogP contribution < -0.4 is 4.74 Å². The highest BCUT2D eigenvalue weighted by Crippen LogP contribution is 2.56. The molecule has 0 saturated heterocycles. The minimum Gasteiger partial charge on any atom is -0.508 e. The SMILES string of the molecule is Oc1ccc(-c2ncc(OCC(F)(F)OC(F)(F)C(F)(F)OC(F)(F)C(F)(F)C(F)(F)C(F)(F)F)cn2)cc1. The molecule has 1 aromatic heterocycles. The van der Waals surface area contributed by atoms with Crippen LogP contribution in [0.4, 0.5) is 65.9 Å². The second kappa shape index (κ2) is 10.1. The van der Waals surface area contributed by atoms with Gasteiger partial charge in [-0.15, -0.1) is 0 Å². The fourth-order valence-electron chi connectivity index (χ4n) is 2.24. The van der Waals surface area contributed by atoms with E-state index in [2.05, 4.69) is 19.4 Å². The van der Waals surface area contributed by atoms with Crippen LogP contribution in [0, 0.1) is 0 Å². The Kier molecular flexibility index (Phi) is 8.25. The van der Waals surface area contributed by atoms with Crippen molar-refractivity contribution in [1.29, 1.82) is 0 Å². The summed E-state index contributed by atoms with van der Waals surface area (Å²) in [7, 11) is 0. The molecule has 0 bridgehead atoms. The molecule has 1 aromatic carbocycles. The number of hydrogen-bond acceptors (Lipinski definition) is 6. The first-order chi connectivity index (χ1) is 17.4. The third kappa shape index (κ3) is 6.68. The number of phenolic OH excluding ortho intramolecular Hbond substituents is 1. The van der Waals surface area contributed by atoms with Crippen molar-refractivity contribution in [3.05, 3.63) is 36.7 Å². The first-order valence-corrected chi connectivity index (χ1v) is 9.33. The monoisotopic (exact) mass is 602 g/mol. The molecule has 1 heterocycles. The van der Waals surface area contributed by atoms with Gasteiger partial charge >= 0.3 is 42.5 Å². The van der Waals surface area contributed by atoms with Gasteiger partial charge in [0.05, 0.1) is 12.4 Å². The normalized spacial score (nSPS) is 14.4. The van der Waals surface area contributed by atoms with Crippen LogP contribution in [0.1, 0.15) is 0 Å². The van der Waals surface area contributed by atoms with E-state index in [0.29, 0.717) is 12.4 Å². The quantitative estimate of drug-likeness (QED) is 0.298. The third-order valence-corrected chi connectivity index (χ3v) is 4.15. The highest BCUT2D eigenvalue weighted by Gasteiger charge is 2.85. The molecule has 0 fully saturated rings. The number of ether oxygens (including phenoxy) is 3. The van der Waals surface area contributed by atoms with Crippen LogP contribution in [-0.4, -0.2) is 64.1 Å². The Labute approximate surface area is 204 Å². The summed E-state index contributed by atoms with van der Waals surface area (Å²) in [6, 6.07) is 5.03. The van der Waals surface area contributed by atoms with Crippen LogP contribution in [0.5, 0.6) is 11.5 Å². The van der Waals surface area contributed by atoms with Crippen LogP contribution >= 0.6 is 0 Å². The summed E-state index contributed by atoms with van der Waals surface area (Å²) in [6.45, 7) is -2.43. The van der Waals surface area contributed by atoms with Gasteiger partial charge < -0.3 is 9.84 Å². The molecule has 0 unspecified atom stereocenters. The van der Waals surface area contributed by atoms with E-state index >= 15 is 0 Å². The number of nitrogens with zero attached hydrogens (tertiary/aromatic N) is 2. The van der Waals surface area contributed by atoms with Gasteiger partial charge in [-0.25, -0.2) is 19.4 Å².